The first-order valence-corrected chi connectivity index (χ1v) is 10.4. The van der Waals surface area contributed by atoms with Gasteiger partial charge in [-0.25, -0.2) is 4.39 Å². The molecule has 0 N–H and O–H groups in total. The molecule has 0 saturated carbocycles. The minimum absolute atomic E-state index is 0.0690. The van der Waals surface area contributed by atoms with Crippen LogP contribution in [0, 0.1) is 17.1 Å². The second kappa shape index (κ2) is 5.78. The van der Waals surface area contributed by atoms with Crippen LogP contribution in [0.3, 0.4) is 0 Å². The third-order valence-electron chi connectivity index (χ3n) is 3.21. The van der Waals surface area contributed by atoms with Gasteiger partial charge >= 0.3 is 0 Å². The van der Waals surface area contributed by atoms with Gasteiger partial charge in [0.2, 0.25) is 0 Å². The fraction of sp³-hybridized carbons (Fsp3) is 0.400. The van der Waals surface area contributed by atoms with Gasteiger partial charge in [-0.15, -0.1) is 0 Å². The van der Waals surface area contributed by atoms with Crippen molar-refractivity contribution in [3.05, 3.63) is 35.8 Å². The van der Waals surface area contributed by atoms with Gasteiger partial charge in [0.1, 0.15) is 18.6 Å². The van der Waals surface area contributed by atoms with Crippen molar-refractivity contribution in [1.82, 2.24) is 4.57 Å². The summed E-state index contributed by atoms with van der Waals surface area (Å²) in [6.07, 6.45) is 1.86. The maximum absolute atomic E-state index is 13.5. The Hall–Kier alpha value is -1.64. The van der Waals surface area contributed by atoms with E-state index in [0.717, 1.165) is 23.6 Å². The number of aromatic nitrogens is 1. The average molecular weight is 290 g/mol. The number of halogens is 1. The standard InChI is InChI=1S/C15H19FN2OSi/c1-20(2,3)7-6-19-11-18-5-4-12-8-14(16)13(10-17)9-15(12)18/h4-5,8-9H,6-7,11H2,1-3H3. The first-order chi connectivity index (χ1) is 9.40. The van der Waals surface area contributed by atoms with Crippen molar-refractivity contribution in [2.24, 2.45) is 0 Å². The number of hydrogen-bond donors (Lipinski definition) is 0. The highest BCUT2D eigenvalue weighted by Crippen LogP contribution is 2.20. The molecule has 0 fully saturated rings. The molecule has 0 radical (unpaired) electrons. The lowest BCUT2D eigenvalue weighted by Crippen LogP contribution is -2.21. The van der Waals surface area contributed by atoms with Gasteiger partial charge in [-0.2, -0.15) is 5.26 Å². The van der Waals surface area contributed by atoms with Crippen LogP contribution in [0.2, 0.25) is 25.7 Å². The number of hydrogen-bond acceptors (Lipinski definition) is 2. The summed E-state index contributed by atoms with van der Waals surface area (Å²) in [6.45, 7) is 8.10. The molecule has 2 aromatic rings. The molecule has 1 aromatic heterocycles. The zero-order chi connectivity index (χ0) is 14.8. The maximum Gasteiger partial charge on any atom is 0.141 e. The third kappa shape index (κ3) is 3.47. The van der Waals surface area contributed by atoms with Gasteiger partial charge in [0.25, 0.3) is 0 Å². The van der Waals surface area contributed by atoms with Crippen LogP contribution < -0.4 is 0 Å². The number of fused-ring (bicyclic) bond motifs is 1. The Morgan fingerprint density at radius 2 is 2.10 bits per heavy atom. The van der Waals surface area contributed by atoms with Crippen molar-refractivity contribution in [2.75, 3.05) is 6.61 Å². The highest BCUT2D eigenvalue weighted by molar-refractivity contribution is 6.76. The second-order valence-corrected chi connectivity index (χ2v) is 11.8. The molecule has 0 amide bonds. The van der Waals surface area contributed by atoms with Crippen LogP contribution in [0.4, 0.5) is 4.39 Å². The average Bonchev–Trinajstić information content (AvgIpc) is 2.74. The highest BCUT2D eigenvalue weighted by atomic mass is 28.3. The maximum atomic E-state index is 13.5. The summed E-state index contributed by atoms with van der Waals surface area (Å²) >= 11 is 0. The Balaban J connectivity index is 2.10. The van der Waals surface area contributed by atoms with Gasteiger partial charge in [-0.1, -0.05) is 19.6 Å². The summed E-state index contributed by atoms with van der Waals surface area (Å²) in [4.78, 5) is 0. The van der Waals surface area contributed by atoms with E-state index in [1.165, 1.54) is 6.07 Å². The van der Waals surface area contributed by atoms with Crippen molar-refractivity contribution >= 4 is 19.0 Å². The van der Waals surface area contributed by atoms with Crippen LogP contribution in [-0.4, -0.2) is 19.2 Å². The summed E-state index contributed by atoms with van der Waals surface area (Å²) in [5, 5.41) is 9.67. The summed E-state index contributed by atoms with van der Waals surface area (Å²) < 4.78 is 21.1. The SMILES string of the molecule is C[Si](C)(C)CCOCn1ccc2cc(F)c(C#N)cc21. The molecule has 0 aliphatic heterocycles. The largest absolute Gasteiger partial charge is 0.361 e. The van der Waals surface area contributed by atoms with E-state index in [1.54, 1.807) is 6.07 Å². The Morgan fingerprint density at radius 1 is 1.35 bits per heavy atom. The number of ether oxygens (including phenoxy) is 1. The Morgan fingerprint density at radius 3 is 2.75 bits per heavy atom. The van der Waals surface area contributed by atoms with E-state index in [0.29, 0.717) is 6.73 Å². The third-order valence-corrected chi connectivity index (χ3v) is 4.91. The predicted octanol–water partition coefficient (Wildman–Crippen LogP) is 3.96. The Bertz CT molecular complexity index is 652. The molecule has 1 aromatic carbocycles. The molecule has 1 heterocycles. The van der Waals surface area contributed by atoms with Crippen LogP contribution in [0.1, 0.15) is 5.56 Å². The van der Waals surface area contributed by atoms with E-state index >= 15 is 0 Å². The molecule has 0 unspecified atom stereocenters. The molecule has 3 nitrogen and oxygen atoms in total. The van der Waals surface area contributed by atoms with Gasteiger partial charge in [-0.05, 0) is 24.2 Å². The van der Waals surface area contributed by atoms with Crippen LogP contribution in [-0.2, 0) is 11.5 Å². The van der Waals surface area contributed by atoms with Gasteiger partial charge in [-0.3, -0.25) is 0 Å². The molecule has 20 heavy (non-hydrogen) atoms. The zero-order valence-corrected chi connectivity index (χ0v) is 13.1. The number of nitriles is 1. The molecule has 0 saturated heterocycles. The first kappa shape index (κ1) is 14.8. The molecular formula is C15H19FN2OSi. The Labute approximate surface area is 119 Å². The van der Waals surface area contributed by atoms with Crippen molar-refractivity contribution in [2.45, 2.75) is 32.4 Å². The first-order valence-electron chi connectivity index (χ1n) is 6.67. The van der Waals surface area contributed by atoms with Crippen LogP contribution in [0.15, 0.2) is 24.4 Å². The zero-order valence-electron chi connectivity index (χ0n) is 12.1. The van der Waals surface area contributed by atoms with Gasteiger partial charge in [0.15, 0.2) is 0 Å². The predicted molar refractivity (Wildman–Crippen MR) is 80.7 cm³/mol. The summed E-state index contributed by atoms with van der Waals surface area (Å²) in [7, 11) is -1.08. The summed E-state index contributed by atoms with van der Waals surface area (Å²) in [5.41, 5.74) is 0.899. The van der Waals surface area contributed by atoms with E-state index in [4.69, 9.17) is 10.00 Å². The van der Waals surface area contributed by atoms with Gasteiger partial charge in [0.05, 0.1) is 11.1 Å². The molecule has 5 heteroatoms. The fourth-order valence-corrected chi connectivity index (χ4v) is 2.71. The molecule has 106 valence electrons. The van der Waals surface area contributed by atoms with Crippen LogP contribution >= 0.6 is 0 Å². The van der Waals surface area contributed by atoms with E-state index in [9.17, 15) is 4.39 Å². The highest BCUT2D eigenvalue weighted by Gasteiger charge is 2.12. The van der Waals surface area contributed by atoms with Crippen LogP contribution in [0.5, 0.6) is 0 Å². The Kier molecular flexibility index (Phi) is 4.26. The van der Waals surface area contributed by atoms with E-state index in [1.807, 2.05) is 22.9 Å². The lowest BCUT2D eigenvalue weighted by Gasteiger charge is -2.15. The molecule has 0 spiro atoms. The quantitative estimate of drug-likeness (QED) is 0.617. The number of nitrogens with zero attached hydrogens (tertiary/aromatic N) is 2. The van der Waals surface area contributed by atoms with E-state index in [2.05, 4.69) is 19.6 Å². The number of benzene rings is 1. The summed E-state index contributed by atoms with van der Waals surface area (Å²) in [5.74, 6) is -0.475. The summed E-state index contributed by atoms with van der Waals surface area (Å²) in [6, 6.07) is 7.79. The second-order valence-electron chi connectivity index (χ2n) is 6.14. The monoisotopic (exact) mass is 290 g/mol. The smallest absolute Gasteiger partial charge is 0.141 e. The van der Waals surface area contributed by atoms with Gasteiger partial charge in [0, 0.05) is 26.3 Å². The topological polar surface area (TPSA) is 38.0 Å². The molecule has 0 bridgehead atoms. The minimum Gasteiger partial charge on any atom is -0.361 e. The molecule has 0 atom stereocenters. The van der Waals surface area contributed by atoms with E-state index in [-0.39, 0.29) is 5.56 Å². The lowest BCUT2D eigenvalue weighted by atomic mass is 10.1. The number of rotatable bonds is 5. The van der Waals surface area contributed by atoms with Crippen molar-refractivity contribution in [3.8, 4) is 6.07 Å². The fourth-order valence-electron chi connectivity index (χ4n) is 1.95. The normalized spacial score (nSPS) is 11.8. The molecule has 2 rings (SSSR count). The minimum atomic E-state index is -1.08. The van der Waals surface area contributed by atoms with Crippen molar-refractivity contribution in [3.63, 3.8) is 0 Å². The van der Waals surface area contributed by atoms with Crippen molar-refractivity contribution < 1.29 is 9.13 Å². The molecule has 0 aliphatic rings. The van der Waals surface area contributed by atoms with Gasteiger partial charge < -0.3 is 9.30 Å². The molecule has 0 aliphatic carbocycles. The lowest BCUT2D eigenvalue weighted by molar-refractivity contribution is 0.0902. The van der Waals surface area contributed by atoms with Crippen LogP contribution in [0.25, 0.3) is 10.9 Å². The van der Waals surface area contributed by atoms with Crippen molar-refractivity contribution in [1.29, 1.82) is 5.26 Å². The van der Waals surface area contributed by atoms with E-state index < -0.39 is 13.9 Å². The molecular weight excluding hydrogens is 271 g/mol.